The van der Waals surface area contributed by atoms with Crippen LogP contribution in [0, 0.1) is 0 Å². The van der Waals surface area contributed by atoms with Crippen LogP contribution in [0.5, 0.6) is 5.75 Å². The Kier molecular flexibility index (Phi) is 5.05. The quantitative estimate of drug-likeness (QED) is 0.845. The van der Waals surface area contributed by atoms with Crippen molar-refractivity contribution in [3.05, 3.63) is 54.1 Å². The second kappa shape index (κ2) is 7.40. The molecule has 1 amide bonds. The molecule has 3 rings (SSSR count). The van der Waals surface area contributed by atoms with Crippen molar-refractivity contribution in [2.75, 3.05) is 12.4 Å². The molecule has 1 aliphatic rings. The summed E-state index contributed by atoms with van der Waals surface area (Å²) in [6.45, 7) is 0.158. The highest BCUT2D eigenvalue weighted by molar-refractivity contribution is 8.01. The van der Waals surface area contributed by atoms with E-state index in [2.05, 4.69) is 5.32 Å². The van der Waals surface area contributed by atoms with Crippen LogP contribution in [0.1, 0.15) is 12.0 Å². The van der Waals surface area contributed by atoms with Crippen molar-refractivity contribution in [1.29, 1.82) is 0 Å². The number of nitrogens with one attached hydrogen (secondary N) is 1. The molecule has 0 saturated carbocycles. The fraction of sp³-hybridized carbons (Fsp3) is 0.222. The Morgan fingerprint density at radius 3 is 2.88 bits per heavy atom. The van der Waals surface area contributed by atoms with Gasteiger partial charge in [-0.3, -0.25) is 9.59 Å². The summed E-state index contributed by atoms with van der Waals surface area (Å²) in [5.74, 6) is 0.143. The number of carbonyl (C=O) groups excluding carboxylic acids is 2. The first-order valence-corrected chi connectivity index (χ1v) is 8.39. The third-order valence-electron chi connectivity index (χ3n) is 3.59. The summed E-state index contributed by atoms with van der Waals surface area (Å²) in [5, 5.41) is 2.35. The second-order valence-electron chi connectivity index (χ2n) is 5.31. The molecule has 2 aromatic rings. The monoisotopic (exact) mass is 343 g/mol. The summed E-state index contributed by atoms with van der Waals surface area (Å²) < 4.78 is 10.4. The third kappa shape index (κ3) is 3.89. The molecule has 1 aliphatic heterocycles. The molecule has 5 nitrogen and oxygen atoms in total. The molecule has 6 heteroatoms. The summed E-state index contributed by atoms with van der Waals surface area (Å²) >= 11 is 1.39. The van der Waals surface area contributed by atoms with Crippen LogP contribution in [-0.4, -0.2) is 24.2 Å². The Bertz CT molecular complexity index is 762. The van der Waals surface area contributed by atoms with Crippen molar-refractivity contribution in [3.63, 3.8) is 0 Å². The van der Waals surface area contributed by atoms with E-state index in [1.54, 1.807) is 7.11 Å². The Balaban J connectivity index is 1.56. The number of anilines is 1. The Morgan fingerprint density at radius 2 is 2.04 bits per heavy atom. The van der Waals surface area contributed by atoms with E-state index in [0.717, 1.165) is 16.1 Å². The van der Waals surface area contributed by atoms with Gasteiger partial charge in [0, 0.05) is 4.90 Å². The Hall–Kier alpha value is -2.47. The van der Waals surface area contributed by atoms with Gasteiger partial charge in [-0.15, -0.1) is 11.8 Å². The molecule has 0 saturated heterocycles. The van der Waals surface area contributed by atoms with Gasteiger partial charge in [-0.1, -0.05) is 24.3 Å². The molecule has 0 radical (unpaired) electrons. The lowest BCUT2D eigenvalue weighted by molar-refractivity contribution is -0.145. The zero-order valence-corrected chi connectivity index (χ0v) is 14.0. The van der Waals surface area contributed by atoms with Crippen LogP contribution in [-0.2, 0) is 20.9 Å². The predicted molar refractivity (Wildman–Crippen MR) is 92.1 cm³/mol. The molecular formula is C18H17NO4S. The molecule has 1 atom stereocenters. The van der Waals surface area contributed by atoms with E-state index in [0.29, 0.717) is 5.75 Å². The van der Waals surface area contributed by atoms with Crippen LogP contribution in [0.2, 0.25) is 0 Å². The number of thioether (sulfide) groups is 1. The molecule has 2 aromatic carbocycles. The van der Waals surface area contributed by atoms with Crippen LogP contribution in [0.4, 0.5) is 5.69 Å². The zero-order chi connectivity index (χ0) is 16.9. The minimum atomic E-state index is -0.474. The highest BCUT2D eigenvalue weighted by atomic mass is 32.2. The average Bonchev–Trinajstić information content (AvgIpc) is 2.61. The van der Waals surface area contributed by atoms with Crippen molar-refractivity contribution in [1.82, 2.24) is 0 Å². The summed E-state index contributed by atoms with van der Waals surface area (Å²) in [4.78, 5) is 25.1. The lowest BCUT2D eigenvalue weighted by Crippen LogP contribution is -2.31. The van der Waals surface area contributed by atoms with Gasteiger partial charge >= 0.3 is 5.97 Å². The summed E-state index contributed by atoms with van der Waals surface area (Å²) in [6.07, 6.45) is 0.0365. The Labute approximate surface area is 144 Å². The van der Waals surface area contributed by atoms with Gasteiger partial charge in [0.25, 0.3) is 0 Å². The molecule has 124 valence electrons. The summed E-state index contributed by atoms with van der Waals surface area (Å²) in [5.41, 5.74) is 1.63. The first-order valence-electron chi connectivity index (χ1n) is 7.51. The van der Waals surface area contributed by atoms with E-state index in [9.17, 15) is 9.59 Å². The van der Waals surface area contributed by atoms with Gasteiger partial charge < -0.3 is 14.8 Å². The number of fused-ring (bicyclic) bond motifs is 1. The van der Waals surface area contributed by atoms with Gasteiger partial charge in [-0.05, 0) is 29.8 Å². The van der Waals surface area contributed by atoms with Crippen LogP contribution in [0.3, 0.4) is 0 Å². The number of para-hydroxylation sites is 1. The van der Waals surface area contributed by atoms with E-state index in [1.165, 1.54) is 11.8 Å². The molecule has 1 heterocycles. The molecular weight excluding hydrogens is 326 g/mol. The first kappa shape index (κ1) is 16.4. The number of rotatable bonds is 5. The topological polar surface area (TPSA) is 64.6 Å². The van der Waals surface area contributed by atoms with E-state index >= 15 is 0 Å². The average molecular weight is 343 g/mol. The number of hydrogen-bond donors (Lipinski definition) is 1. The van der Waals surface area contributed by atoms with Gasteiger partial charge in [0.05, 0.1) is 24.5 Å². The zero-order valence-electron chi connectivity index (χ0n) is 13.2. The Morgan fingerprint density at radius 1 is 1.21 bits per heavy atom. The molecule has 0 bridgehead atoms. The van der Waals surface area contributed by atoms with Crippen LogP contribution in [0.25, 0.3) is 0 Å². The standard InChI is InChI=1S/C18H17NO4S/c1-22-13-6-4-5-12(9-13)11-23-17(20)10-16-18(21)19-14-7-2-3-8-15(14)24-16/h2-9,16H,10-11H2,1H3,(H,19,21). The number of esters is 1. The maximum absolute atomic E-state index is 12.1. The second-order valence-corrected chi connectivity index (χ2v) is 6.55. The molecule has 1 N–H and O–H groups in total. The molecule has 24 heavy (non-hydrogen) atoms. The lowest BCUT2D eigenvalue weighted by Gasteiger charge is -2.23. The maximum Gasteiger partial charge on any atom is 0.307 e. The van der Waals surface area contributed by atoms with Crippen molar-refractivity contribution in [2.45, 2.75) is 23.2 Å². The first-order chi connectivity index (χ1) is 11.7. The number of amides is 1. The minimum absolute atomic E-state index is 0.0365. The van der Waals surface area contributed by atoms with Crippen molar-refractivity contribution < 1.29 is 19.1 Å². The molecule has 0 fully saturated rings. The van der Waals surface area contributed by atoms with Crippen LogP contribution < -0.4 is 10.1 Å². The number of hydrogen-bond acceptors (Lipinski definition) is 5. The predicted octanol–water partition coefficient (Wildman–Crippen LogP) is 3.24. The van der Waals surface area contributed by atoms with Gasteiger partial charge in [-0.25, -0.2) is 0 Å². The summed E-state index contributed by atoms with van der Waals surface area (Å²) in [7, 11) is 1.59. The van der Waals surface area contributed by atoms with Gasteiger partial charge in [0.15, 0.2) is 0 Å². The maximum atomic E-state index is 12.1. The fourth-order valence-electron chi connectivity index (χ4n) is 2.36. The highest BCUT2D eigenvalue weighted by Gasteiger charge is 2.29. The SMILES string of the molecule is COc1cccc(COC(=O)CC2Sc3ccccc3NC2=O)c1. The number of methoxy groups -OCH3 is 1. The molecule has 0 spiro atoms. The van der Waals surface area contributed by atoms with Gasteiger partial charge in [0.1, 0.15) is 12.4 Å². The van der Waals surface area contributed by atoms with Gasteiger partial charge in [-0.2, -0.15) is 0 Å². The number of ether oxygens (including phenoxy) is 2. The normalized spacial score (nSPS) is 16.0. The highest BCUT2D eigenvalue weighted by Crippen LogP contribution is 2.36. The van der Waals surface area contributed by atoms with E-state index in [1.807, 2.05) is 48.5 Å². The minimum Gasteiger partial charge on any atom is -0.497 e. The third-order valence-corrected chi connectivity index (χ3v) is 4.87. The smallest absolute Gasteiger partial charge is 0.307 e. The number of carbonyl (C=O) groups is 2. The van der Waals surface area contributed by atoms with E-state index in [-0.39, 0.29) is 18.9 Å². The van der Waals surface area contributed by atoms with E-state index < -0.39 is 11.2 Å². The van der Waals surface area contributed by atoms with E-state index in [4.69, 9.17) is 9.47 Å². The molecule has 0 aromatic heterocycles. The van der Waals surface area contributed by atoms with Crippen LogP contribution in [0.15, 0.2) is 53.4 Å². The van der Waals surface area contributed by atoms with Gasteiger partial charge in [0.2, 0.25) is 5.91 Å². The van der Waals surface area contributed by atoms with Crippen molar-refractivity contribution in [3.8, 4) is 5.75 Å². The van der Waals surface area contributed by atoms with Crippen molar-refractivity contribution in [2.24, 2.45) is 0 Å². The lowest BCUT2D eigenvalue weighted by atomic mass is 10.2. The van der Waals surface area contributed by atoms with Crippen molar-refractivity contribution >= 4 is 29.3 Å². The van der Waals surface area contributed by atoms with Crippen LogP contribution >= 0.6 is 11.8 Å². The largest absolute Gasteiger partial charge is 0.497 e. The number of benzene rings is 2. The molecule has 0 aliphatic carbocycles. The fourth-order valence-corrected chi connectivity index (χ4v) is 3.46. The molecule has 1 unspecified atom stereocenters. The summed E-state index contributed by atoms with van der Waals surface area (Å²) in [6, 6.07) is 14.9.